The number of nitrogens with zero attached hydrogens (tertiary/aromatic N) is 3. The molecule has 0 atom stereocenters. The van der Waals surface area contributed by atoms with Crippen LogP contribution in [0.1, 0.15) is 38.0 Å². The van der Waals surface area contributed by atoms with Crippen molar-refractivity contribution in [3.63, 3.8) is 0 Å². The zero-order valence-corrected chi connectivity index (χ0v) is 14.8. The molecule has 7 nitrogen and oxygen atoms in total. The minimum Gasteiger partial charge on any atom is -0.466 e. The molecular weight excluding hydrogens is 360 g/mol. The fraction of sp³-hybridized carbons (Fsp3) is 0.444. The molecule has 1 aromatic carbocycles. The number of aromatic nitrogens is 2. The highest BCUT2D eigenvalue weighted by Crippen LogP contribution is 2.29. The van der Waals surface area contributed by atoms with Gasteiger partial charge in [-0.2, -0.15) is 4.98 Å². The van der Waals surface area contributed by atoms with Gasteiger partial charge in [0.25, 0.3) is 0 Å². The van der Waals surface area contributed by atoms with Crippen LogP contribution in [-0.2, 0) is 14.3 Å². The first kappa shape index (κ1) is 18.9. The highest BCUT2D eigenvalue weighted by Gasteiger charge is 2.28. The predicted octanol–water partition coefficient (Wildman–Crippen LogP) is 2.67. The minimum absolute atomic E-state index is 0.0387. The zero-order valence-electron chi connectivity index (χ0n) is 14.8. The van der Waals surface area contributed by atoms with E-state index >= 15 is 0 Å². The van der Waals surface area contributed by atoms with Gasteiger partial charge in [0, 0.05) is 24.6 Å². The van der Waals surface area contributed by atoms with Crippen LogP contribution >= 0.6 is 0 Å². The molecule has 144 valence electrons. The molecule has 2 aromatic rings. The van der Waals surface area contributed by atoms with E-state index in [1.165, 1.54) is 6.07 Å². The Kier molecular flexibility index (Phi) is 5.78. The minimum atomic E-state index is -0.979. The summed E-state index contributed by atoms with van der Waals surface area (Å²) in [6.45, 7) is 2.86. The van der Waals surface area contributed by atoms with Crippen molar-refractivity contribution >= 4 is 11.9 Å². The number of piperidine rings is 1. The van der Waals surface area contributed by atoms with E-state index < -0.39 is 17.6 Å². The lowest BCUT2D eigenvalue weighted by Crippen LogP contribution is -2.39. The molecule has 2 heterocycles. The first-order chi connectivity index (χ1) is 13.0. The Morgan fingerprint density at radius 2 is 2.00 bits per heavy atom. The van der Waals surface area contributed by atoms with Gasteiger partial charge in [-0.25, -0.2) is 8.78 Å². The largest absolute Gasteiger partial charge is 0.466 e. The third-order valence-corrected chi connectivity index (χ3v) is 4.42. The number of ether oxygens (including phenoxy) is 1. The van der Waals surface area contributed by atoms with Gasteiger partial charge < -0.3 is 14.2 Å². The Morgan fingerprint density at radius 1 is 1.26 bits per heavy atom. The highest BCUT2D eigenvalue weighted by molar-refractivity contribution is 5.94. The smallest absolute Gasteiger partial charge is 0.315 e. The summed E-state index contributed by atoms with van der Waals surface area (Å²) in [5.41, 5.74) is 0.325. The molecule has 1 fully saturated rings. The van der Waals surface area contributed by atoms with Crippen molar-refractivity contribution in [3.8, 4) is 11.4 Å². The van der Waals surface area contributed by atoms with Crippen molar-refractivity contribution < 1.29 is 27.6 Å². The van der Waals surface area contributed by atoms with Gasteiger partial charge in [0.05, 0.1) is 6.61 Å². The molecule has 9 heteroatoms. The topological polar surface area (TPSA) is 85.5 Å². The summed E-state index contributed by atoms with van der Waals surface area (Å²) < 4.78 is 36.4. The van der Waals surface area contributed by atoms with E-state index in [0.717, 1.165) is 12.1 Å². The van der Waals surface area contributed by atoms with Crippen molar-refractivity contribution in [2.24, 2.45) is 0 Å². The summed E-state index contributed by atoms with van der Waals surface area (Å²) in [6.07, 6.45) is 0.946. The van der Waals surface area contributed by atoms with Crippen LogP contribution in [0.15, 0.2) is 22.7 Å². The number of esters is 1. The summed E-state index contributed by atoms with van der Waals surface area (Å²) in [6, 6.07) is 3.40. The van der Waals surface area contributed by atoms with E-state index in [0.29, 0.717) is 37.4 Å². The summed E-state index contributed by atoms with van der Waals surface area (Å²) in [5.74, 6) is -2.17. The van der Waals surface area contributed by atoms with Gasteiger partial charge in [-0.05, 0) is 38.0 Å². The summed E-state index contributed by atoms with van der Waals surface area (Å²) in [4.78, 5) is 29.4. The number of halogens is 2. The Morgan fingerprint density at radius 3 is 2.67 bits per heavy atom. The molecule has 0 spiro atoms. The van der Waals surface area contributed by atoms with E-state index in [1.54, 1.807) is 11.8 Å². The zero-order chi connectivity index (χ0) is 19.4. The number of carbonyl (C=O) groups excluding carboxylic acids is 2. The monoisotopic (exact) mass is 379 g/mol. The van der Waals surface area contributed by atoms with Gasteiger partial charge in [-0.1, -0.05) is 5.16 Å². The normalized spacial score (nSPS) is 15.0. The Hall–Kier alpha value is -2.84. The lowest BCUT2D eigenvalue weighted by Gasteiger charge is -2.30. The third kappa shape index (κ3) is 4.47. The summed E-state index contributed by atoms with van der Waals surface area (Å²) >= 11 is 0. The van der Waals surface area contributed by atoms with Crippen molar-refractivity contribution in [1.29, 1.82) is 0 Å². The van der Waals surface area contributed by atoms with Gasteiger partial charge in [0.2, 0.25) is 17.6 Å². The van der Waals surface area contributed by atoms with Crippen LogP contribution in [0.4, 0.5) is 8.78 Å². The van der Waals surface area contributed by atoms with E-state index in [-0.39, 0.29) is 30.7 Å². The average Bonchev–Trinajstić information content (AvgIpc) is 3.14. The number of benzene rings is 1. The first-order valence-corrected chi connectivity index (χ1v) is 8.70. The standard InChI is InChI=1S/C18H19F2N3O4/c1-2-26-16(25)10-15(24)23-7-5-11(6-8-23)18-21-17(22-27-18)12-3-4-13(19)14(20)9-12/h3-4,9,11H,2,5-8,10H2,1H3. The second-order valence-electron chi connectivity index (χ2n) is 6.22. The summed E-state index contributed by atoms with van der Waals surface area (Å²) in [7, 11) is 0. The quantitative estimate of drug-likeness (QED) is 0.587. The highest BCUT2D eigenvalue weighted by atomic mass is 19.2. The lowest BCUT2D eigenvalue weighted by molar-refractivity contribution is -0.149. The predicted molar refractivity (Wildman–Crippen MR) is 89.5 cm³/mol. The number of amides is 1. The van der Waals surface area contributed by atoms with Gasteiger partial charge in [0.1, 0.15) is 6.42 Å². The van der Waals surface area contributed by atoms with Crippen LogP contribution in [0.2, 0.25) is 0 Å². The maximum absolute atomic E-state index is 13.4. The Balaban J connectivity index is 1.58. The van der Waals surface area contributed by atoms with Crippen LogP contribution in [0.25, 0.3) is 11.4 Å². The van der Waals surface area contributed by atoms with Crippen molar-refractivity contribution in [2.75, 3.05) is 19.7 Å². The molecule has 0 radical (unpaired) electrons. The van der Waals surface area contributed by atoms with Crippen molar-refractivity contribution in [1.82, 2.24) is 15.0 Å². The third-order valence-electron chi connectivity index (χ3n) is 4.42. The van der Waals surface area contributed by atoms with Gasteiger partial charge in [-0.3, -0.25) is 9.59 Å². The second kappa shape index (κ2) is 8.24. The molecule has 0 saturated carbocycles. The molecule has 0 unspecified atom stereocenters. The van der Waals surface area contributed by atoms with E-state index in [1.807, 2.05) is 0 Å². The van der Waals surface area contributed by atoms with E-state index in [2.05, 4.69) is 10.1 Å². The van der Waals surface area contributed by atoms with Crippen molar-refractivity contribution in [3.05, 3.63) is 35.7 Å². The van der Waals surface area contributed by atoms with Gasteiger partial charge in [0.15, 0.2) is 11.6 Å². The fourth-order valence-electron chi connectivity index (χ4n) is 2.98. The number of hydrogen-bond acceptors (Lipinski definition) is 6. The molecule has 1 amide bonds. The van der Waals surface area contributed by atoms with E-state index in [9.17, 15) is 18.4 Å². The molecule has 3 rings (SSSR count). The molecule has 0 bridgehead atoms. The molecule has 0 N–H and O–H groups in total. The fourth-order valence-corrected chi connectivity index (χ4v) is 2.98. The maximum atomic E-state index is 13.4. The number of likely N-dealkylation sites (tertiary alicyclic amines) is 1. The molecule has 1 aromatic heterocycles. The average molecular weight is 379 g/mol. The number of rotatable bonds is 5. The van der Waals surface area contributed by atoms with Gasteiger partial charge >= 0.3 is 5.97 Å². The van der Waals surface area contributed by atoms with Crippen LogP contribution < -0.4 is 0 Å². The lowest BCUT2D eigenvalue weighted by atomic mass is 9.96. The number of carbonyl (C=O) groups is 2. The molecule has 1 aliphatic heterocycles. The molecule has 0 aliphatic carbocycles. The van der Waals surface area contributed by atoms with Gasteiger partial charge in [-0.15, -0.1) is 0 Å². The number of hydrogen-bond donors (Lipinski definition) is 0. The van der Waals surface area contributed by atoms with Crippen molar-refractivity contribution in [2.45, 2.75) is 32.1 Å². The summed E-state index contributed by atoms with van der Waals surface area (Å²) in [5, 5.41) is 3.83. The van der Waals surface area contributed by atoms with Crippen LogP contribution in [0.5, 0.6) is 0 Å². The molecule has 1 aliphatic rings. The van der Waals surface area contributed by atoms with Crippen LogP contribution in [0, 0.1) is 11.6 Å². The van der Waals surface area contributed by atoms with Crippen LogP contribution in [0.3, 0.4) is 0 Å². The first-order valence-electron chi connectivity index (χ1n) is 8.70. The molecule has 27 heavy (non-hydrogen) atoms. The SMILES string of the molecule is CCOC(=O)CC(=O)N1CCC(c2nc(-c3ccc(F)c(F)c3)no2)CC1. The van der Waals surface area contributed by atoms with E-state index in [4.69, 9.17) is 9.26 Å². The second-order valence-corrected chi connectivity index (χ2v) is 6.22. The molecule has 1 saturated heterocycles. The molecular formula is C18H19F2N3O4. The Labute approximate surface area is 154 Å². The maximum Gasteiger partial charge on any atom is 0.315 e. The Bertz CT molecular complexity index is 832. The van der Waals surface area contributed by atoms with Crippen LogP contribution in [-0.4, -0.2) is 46.6 Å².